The predicted molar refractivity (Wildman–Crippen MR) is 77.2 cm³/mol. The summed E-state index contributed by atoms with van der Waals surface area (Å²) in [5.41, 5.74) is 1.37. The molecule has 1 aliphatic heterocycles. The molecule has 1 heterocycles. The van der Waals surface area contributed by atoms with Crippen LogP contribution in [0.1, 0.15) is 18.4 Å². The summed E-state index contributed by atoms with van der Waals surface area (Å²) in [6.45, 7) is 3.02. The lowest BCUT2D eigenvalue weighted by Crippen LogP contribution is -2.33. The van der Waals surface area contributed by atoms with Crippen molar-refractivity contribution in [3.8, 4) is 0 Å². The average Bonchev–Trinajstić information content (AvgIpc) is 2.79. The van der Waals surface area contributed by atoms with Crippen LogP contribution in [0.15, 0.2) is 16.6 Å². The van der Waals surface area contributed by atoms with Crippen LogP contribution < -0.4 is 4.72 Å². The van der Waals surface area contributed by atoms with Gasteiger partial charge >= 0.3 is 10.2 Å². The number of halogens is 2. The van der Waals surface area contributed by atoms with Crippen molar-refractivity contribution in [2.24, 2.45) is 0 Å². The van der Waals surface area contributed by atoms with E-state index in [1.54, 1.807) is 12.1 Å². The number of anilines is 1. The molecule has 1 N–H and O–H groups in total. The molecule has 4 nitrogen and oxygen atoms in total. The van der Waals surface area contributed by atoms with E-state index in [2.05, 4.69) is 20.7 Å². The molecule has 1 fully saturated rings. The van der Waals surface area contributed by atoms with Crippen LogP contribution in [-0.4, -0.2) is 25.8 Å². The number of nitrogens with zero attached hydrogens (tertiary/aromatic N) is 1. The van der Waals surface area contributed by atoms with Gasteiger partial charge in [-0.3, -0.25) is 4.72 Å². The lowest BCUT2D eigenvalue weighted by molar-refractivity contribution is 0.482. The van der Waals surface area contributed by atoms with Gasteiger partial charge in [-0.15, -0.1) is 0 Å². The highest BCUT2D eigenvalue weighted by Crippen LogP contribution is 2.30. The van der Waals surface area contributed by atoms with Crippen LogP contribution in [0.25, 0.3) is 0 Å². The summed E-state index contributed by atoms with van der Waals surface area (Å²) in [5, 5.41) is 0.539. The van der Waals surface area contributed by atoms with Crippen molar-refractivity contribution in [2.45, 2.75) is 19.8 Å². The minimum absolute atomic E-state index is 0.470. The Hall–Kier alpha value is -0.300. The third-order valence-electron chi connectivity index (χ3n) is 2.89. The highest BCUT2D eigenvalue weighted by atomic mass is 79.9. The largest absolute Gasteiger partial charge is 0.301 e. The van der Waals surface area contributed by atoms with Crippen LogP contribution in [-0.2, 0) is 10.2 Å². The Balaban J connectivity index is 2.26. The van der Waals surface area contributed by atoms with Crippen molar-refractivity contribution >= 4 is 43.4 Å². The van der Waals surface area contributed by atoms with Gasteiger partial charge in [-0.2, -0.15) is 12.7 Å². The van der Waals surface area contributed by atoms with Crippen molar-refractivity contribution in [2.75, 3.05) is 17.8 Å². The zero-order valence-corrected chi connectivity index (χ0v) is 13.1. The summed E-state index contributed by atoms with van der Waals surface area (Å²) in [6.07, 6.45) is 1.83. The monoisotopic (exact) mass is 352 g/mol. The first-order chi connectivity index (χ1) is 8.40. The molecular formula is C11H14BrClN2O2S. The third kappa shape index (κ3) is 2.99. The van der Waals surface area contributed by atoms with Crippen LogP contribution in [0.4, 0.5) is 5.69 Å². The lowest BCUT2D eigenvalue weighted by atomic mass is 10.2. The zero-order valence-electron chi connectivity index (χ0n) is 9.91. The Labute approximate surface area is 121 Å². The molecule has 1 aromatic rings. The van der Waals surface area contributed by atoms with E-state index in [-0.39, 0.29) is 0 Å². The fourth-order valence-electron chi connectivity index (χ4n) is 1.86. The average molecular weight is 354 g/mol. The van der Waals surface area contributed by atoms with Gasteiger partial charge in [-0.05, 0) is 53.4 Å². The fourth-order valence-corrected chi connectivity index (χ4v) is 4.02. The maximum atomic E-state index is 12.1. The van der Waals surface area contributed by atoms with Crippen LogP contribution in [0.3, 0.4) is 0 Å². The Morgan fingerprint density at radius 2 is 1.94 bits per heavy atom. The molecule has 0 bridgehead atoms. The quantitative estimate of drug-likeness (QED) is 0.907. The molecule has 0 amide bonds. The van der Waals surface area contributed by atoms with E-state index in [0.29, 0.717) is 28.3 Å². The number of nitrogens with one attached hydrogen (secondary N) is 1. The van der Waals surface area contributed by atoms with E-state index in [0.717, 1.165) is 18.4 Å². The molecule has 7 heteroatoms. The van der Waals surface area contributed by atoms with Crippen LogP contribution in [0, 0.1) is 6.92 Å². The number of rotatable bonds is 3. The van der Waals surface area contributed by atoms with E-state index in [1.165, 1.54) is 4.31 Å². The van der Waals surface area contributed by atoms with Gasteiger partial charge in [0.2, 0.25) is 0 Å². The van der Waals surface area contributed by atoms with E-state index in [1.807, 2.05) is 6.92 Å². The van der Waals surface area contributed by atoms with E-state index >= 15 is 0 Å². The van der Waals surface area contributed by atoms with Gasteiger partial charge in [0, 0.05) is 22.6 Å². The summed E-state index contributed by atoms with van der Waals surface area (Å²) in [4.78, 5) is 0. The van der Waals surface area contributed by atoms with Crippen LogP contribution >= 0.6 is 27.5 Å². The number of hydrogen-bond acceptors (Lipinski definition) is 2. The molecule has 1 aliphatic rings. The molecule has 0 aliphatic carbocycles. The predicted octanol–water partition coefficient (Wildman–Crippen LogP) is 3.16. The van der Waals surface area contributed by atoms with Gasteiger partial charge in [0.05, 0.1) is 5.69 Å². The van der Waals surface area contributed by atoms with E-state index in [4.69, 9.17) is 11.6 Å². The highest BCUT2D eigenvalue weighted by Gasteiger charge is 2.25. The van der Waals surface area contributed by atoms with Crippen LogP contribution in [0.2, 0.25) is 5.02 Å². The smallest absolute Gasteiger partial charge is 0.270 e. The van der Waals surface area contributed by atoms with Gasteiger partial charge in [0.25, 0.3) is 0 Å². The number of benzene rings is 1. The second-order valence-corrected chi connectivity index (χ2v) is 7.23. The Bertz CT molecular complexity index is 556. The molecule has 0 aromatic heterocycles. The molecule has 0 unspecified atom stereocenters. The van der Waals surface area contributed by atoms with Gasteiger partial charge in [-0.25, -0.2) is 0 Å². The molecule has 0 radical (unpaired) electrons. The van der Waals surface area contributed by atoms with Gasteiger partial charge in [0.15, 0.2) is 0 Å². The second-order valence-electron chi connectivity index (χ2n) is 4.29. The molecule has 0 saturated carbocycles. The molecule has 2 rings (SSSR count). The van der Waals surface area contributed by atoms with Crippen LogP contribution in [0.5, 0.6) is 0 Å². The van der Waals surface area contributed by atoms with Gasteiger partial charge in [-0.1, -0.05) is 11.6 Å². The van der Waals surface area contributed by atoms with Crippen molar-refractivity contribution in [1.29, 1.82) is 0 Å². The first-order valence-electron chi connectivity index (χ1n) is 5.64. The Kier molecular flexibility index (Phi) is 4.21. The highest BCUT2D eigenvalue weighted by molar-refractivity contribution is 9.10. The third-order valence-corrected chi connectivity index (χ3v) is 5.48. The zero-order chi connectivity index (χ0) is 13.3. The Morgan fingerprint density at radius 3 is 2.56 bits per heavy atom. The minimum Gasteiger partial charge on any atom is -0.270 e. The topological polar surface area (TPSA) is 49.4 Å². The second kappa shape index (κ2) is 5.36. The molecule has 1 aromatic carbocycles. The molecular weight excluding hydrogens is 340 g/mol. The van der Waals surface area contributed by atoms with Gasteiger partial charge < -0.3 is 0 Å². The molecule has 1 saturated heterocycles. The van der Waals surface area contributed by atoms with E-state index in [9.17, 15) is 8.42 Å². The van der Waals surface area contributed by atoms with Crippen molar-refractivity contribution in [3.63, 3.8) is 0 Å². The molecule has 0 atom stereocenters. The maximum Gasteiger partial charge on any atom is 0.301 e. The first-order valence-corrected chi connectivity index (χ1v) is 8.25. The number of hydrogen-bond donors (Lipinski definition) is 1. The van der Waals surface area contributed by atoms with Crippen molar-refractivity contribution < 1.29 is 8.42 Å². The summed E-state index contributed by atoms with van der Waals surface area (Å²) < 4.78 is 28.9. The Morgan fingerprint density at radius 1 is 1.33 bits per heavy atom. The van der Waals surface area contributed by atoms with Crippen molar-refractivity contribution in [1.82, 2.24) is 4.31 Å². The number of aryl methyl sites for hydroxylation is 1. The lowest BCUT2D eigenvalue weighted by Gasteiger charge is -2.18. The fraction of sp³-hybridized carbons (Fsp3) is 0.455. The summed E-state index contributed by atoms with van der Waals surface area (Å²) in [5.74, 6) is 0. The maximum absolute atomic E-state index is 12.1. The molecule has 0 spiro atoms. The molecule has 18 heavy (non-hydrogen) atoms. The summed E-state index contributed by atoms with van der Waals surface area (Å²) in [6, 6.07) is 3.42. The minimum atomic E-state index is -3.47. The van der Waals surface area contributed by atoms with Gasteiger partial charge in [0.1, 0.15) is 0 Å². The standard InChI is InChI=1S/C11H14BrClN2O2S/c1-8-6-9(12)11(7-10(8)13)14-18(16,17)15-4-2-3-5-15/h6-7,14H,2-5H2,1H3. The van der Waals surface area contributed by atoms with E-state index < -0.39 is 10.2 Å². The normalized spacial score (nSPS) is 17.1. The summed E-state index contributed by atoms with van der Waals surface area (Å²) >= 11 is 9.34. The van der Waals surface area contributed by atoms with Crippen molar-refractivity contribution in [3.05, 3.63) is 27.2 Å². The SMILES string of the molecule is Cc1cc(Br)c(NS(=O)(=O)N2CCCC2)cc1Cl. The summed E-state index contributed by atoms with van der Waals surface area (Å²) in [7, 11) is -3.47. The first kappa shape index (κ1) is 14.1. The molecule has 100 valence electrons.